The Bertz CT molecular complexity index is 1420. The molecule has 7 nitrogen and oxygen atoms in total. The maximum absolute atomic E-state index is 11.8. The molecule has 0 aliphatic rings. The topological polar surface area (TPSA) is 85.8 Å². The van der Waals surface area contributed by atoms with Gasteiger partial charge in [0.25, 0.3) is 0 Å². The van der Waals surface area contributed by atoms with Crippen LogP contribution >= 0.6 is 0 Å². The predicted molar refractivity (Wildman–Crippen MR) is 113 cm³/mol. The van der Waals surface area contributed by atoms with Crippen molar-refractivity contribution in [3.63, 3.8) is 0 Å². The summed E-state index contributed by atoms with van der Waals surface area (Å²) in [4.78, 5) is 25.3. The van der Waals surface area contributed by atoms with E-state index in [2.05, 4.69) is 15.3 Å². The van der Waals surface area contributed by atoms with Gasteiger partial charge in [0.1, 0.15) is 5.82 Å². The smallest absolute Gasteiger partial charge is 0.408 e. The molecule has 0 radical (unpaired) electrons. The van der Waals surface area contributed by atoms with E-state index in [-0.39, 0.29) is 5.76 Å². The van der Waals surface area contributed by atoms with Gasteiger partial charge in [-0.3, -0.25) is 9.55 Å². The second-order valence-corrected chi connectivity index (χ2v) is 6.73. The molecule has 29 heavy (non-hydrogen) atoms. The molecule has 0 saturated heterocycles. The first-order valence-electron chi connectivity index (χ1n) is 9.14. The molecule has 0 atom stereocenters. The number of anilines is 1. The molecule has 5 aromatic rings. The number of nitrogens with zero attached hydrogens (tertiary/aromatic N) is 4. The number of nitrogens with one attached hydrogen (secondary N) is 1. The highest BCUT2D eigenvalue weighted by Crippen LogP contribution is 2.30. The summed E-state index contributed by atoms with van der Waals surface area (Å²) < 4.78 is 6.81. The van der Waals surface area contributed by atoms with Gasteiger partial charge in [0, 0.05) is 37.4 Å². The molecule has 0 fully saturated rings. The summed E-state index contributed by atoms with van der Waals surface area (Å²) in [6.45, 7) is 0. The molecule has 0 aliphatic heterocycles. The maximum atomic E-state index is 11.8. The normalized spacial score (nSPS) is 11.2. The third-order valence-corrected chi connectivity index (χ3v) is 4.98. The number of aromatic nitrogens is 4. The number of oxazole rings is 1. The average molecular weight is 383 g/mol. The van der Waals surface area contributed by atoms with E-state index < -0.39 is 0 Å². The summed E-state index contributed by atoms with van der Waals surface area (Å²) in [6, 6.07) is 15.6. The van der Waals surface area contributed by atoms with Crippen LogP contribution in [0.1, 0.15) is 0 Å². The SMILES string of the molecule is CNc1nc(-c2cccnc2)nc2ccc(-c3ccc4c(c3)oc(=O)n4C)cc12. The van der Waals surface area contributed by atoms with Crippen molar-refractivity contribution in [1.29, 1.82) is 0 Å². The fourth-order valence-electron chi connectivity index (χ4n) is 3.44. The summed E-state index contributed by atoms with van der Waals surface area (Å²) in [7, 11) is 3.53. The summed E-state index contributed by atoms with van der Waals surface area (Å²) in [5.74, 6) is 0.989. The van der Waals surface area contributed by atoms with Crippen molar-refractivity contribution in [2.24, 2.45) is 7.05 Å². The third kappa shape index (κ3) is 2.84. The Labute approximate surface area is 165 Å². The fourth-order valence-corrected chi connectivity index (χ4v) is 3.44. The number of rotatable bonds is 3. The van der Waals surface area contributed by atoms with Gasteiger partial charge in [0.2, 0.25) is 0 Å². The molecule has 0 amide bonds. The lowest BCUT2D eigenvalue weighted by molar-refractivity contribution is 0.528. The number of hydrogen-bond donors (Lipinski definition) is 1. The minimum atomic E-state index is -0.371. The van der Waals surface area contributed by atoms with Crippen molar-refractivity contribution in [2.45, 2.75) is 0 Å². The second-order valence-electron chi connectivity index (χ2n) is 6.73. The summed E-state index contributed by atoms with van der Waals surface area (Å²) in [6.07, 6.45) is 3.47. The summed E-state index contributed by atoms with van der Waals surface area (Å²) in [5.41, 5.74) is 4.96. The van der Waals surface area contributed by atoms with Crippen LogP contribution in [0.2, 0.25) is 0 Å². The zero-order chi connectivity index (χ0) is 20.0. The first-order valence-corrected chi connectivity index (χ1v) is 9.14. The number of hydrogen-bond acceptors (Lipinski definition) is 6. The van der Waals surface area contributed by atoms with Gasteiger partial charge in [-0.2, -0.15) is 0 Å². The van der Waals surface area contributed by atoms with Crippen molar-refractivity contribution < 1.29 is 4.42 Å². The molecule has 0 unspecified atom stereocenters. The number of aryl methyl sites for hydroxylation is 1. The molecule has 3 aromatic heterocycles. The van der Waals surface area contributed by atoms with Gasteiger partial charge >= 0.3 is 5.76 Å². The van der Waals surface area contributed by atoms with E-state index in [1.54, 1.807) is 19.4 Å². The lowest BCUT2D eigenvalue weighted by Crippen LogP contribution is -2.08. The minimum Gasteiger partial charge on any atom is -0.408 e. The van der Waals surface area contributed by atoms with Gasteiger partial charge in [-0.25, -0.2) is 14.8 Å². The van der Waals surface area contributed by atoms with Crippen LogP contribution in [-0.2, 0) is 7.05 Å². The number of pyridine rings is 1. The Kier molecular flexibility index (Phi) is 3.87. The Morgan fingerprint density at radius 1 is 1.00 bits per heavy atom. The molecular weight excluding hydrogens is 366 g/mol. The summed E-state index contributed by atoms with van der Waals surface area (Å²) in [5, 5.41) is 4.07. The predicted octanol–water partition coefficient (Wildman–Crippen LogP) is 3.85. The van der Waals surface area contributed by atoms with Gasteiger partial charge in [0.05, 0.1) is 11.0 Å². The molecule has 1 N–H and O–H groups in total. The van der Waals surface area contributed by atoms with E-state index in [4.69, 9.17) is 9.40 Å². The van der Waals surface area contributed by atoms with Crippen LogP contribution in [0.15, 0.2) is 70.1 Å². The molecule has 0 bridgehead atoms. The maximum Gasteiger partial charge on any atom is 0.419 e. The molecule has 3 heterocycles. The Morgan fingerprint density at radius 3 is 2.62 bits per heavy atom. The zero-order valence-corrected chi connectivity index (χ0v) is 15.9. The first kappa shape index (κ1) is 17.1. The van der Waals surface area contributed by atoms with Gasteiger partial charge < -0.3 is 9.73 Å². The molecule has 142 valence electrons. The lowest BCUT2D eigenvalue weighted by Gasteiger charge is -2.10. The van der Waals surface area contributed by atoms with E-state index in [0.29, 0.717) is 11.4 Å². The Morgan fingerprint density at radius 2 is 1.83 bits per heavy atom. The van der Waals surface area contributed by atoms with Crippen LogP contribution in [0.25, 0.3) is 44.5 Å². The van der Waals surface area contributed by atoms with E-state index in [1.807, 2.05) is 55.6 Å². The summed E-state index contributed by atoms with van der Waals surface area (Å²) >= 11 is 0. The van der Waals surface area contributed by atoms with Crippen LogP contribution in [0.4, 0.5) is 5.82 Å². The lowest BCUT2D eigenvalue weighted by atomic mass is 10.0. The van der Waals surface area contributed by atoms with Crippen LogP contribution in [0.3, 0.4) is 0 Å². The molecule has 7 heteroatoms. The van der Waals surface area contributed by atoms with E-state index >= 15 is 0 Å². The highest BCUT2D eigenvalue weighted by Gasteiger charge is 2.12. The Balaban J connectivity index is 1.66. The molecule has 2 aromatic carbocycles. The molecule has 0 aliphatic carbocycles. The molecule has 5 rings (SSSR count). The second kappa shape index (κ2) is 6.56. The molecule has 0 saturated carbocycles. The van der Waals surface area contributed by atoms with Crippen molar-refractivity contribution in [3.05, 3.63) is 71.5 Å². The number of benzene rings is 2. The monoisotopic (exact) mass is 383 g/mol. The fraction of sp³-hybridized carbons (Fsp3) is 0.0909. The van der Waals surface area contributed by atoms with Crippen molar-refractivity contribution >= 4 is 27.8 Å². The van der Waals surface area contributed by atoms with Crippen LogP contribution < -0.4 is 11.1 Å². The molecule has 0 spiro atoms. The first-order chi connectivity index (χ1) is 14.1. The highest BCUT2D eigenvalue weighted by atomic mass is 16.4. The highest BCUT2D eigenvalue weighted by molar-refractivity contribution is 5.94. The van der Waals surface area contributed by atoms with E-state index in [1.165, 1.54) is 4.57 Å². The van der Waals surface area contributed by atoms with E-state index in [9.17, 15) is 4.79 Å². The minimum absolute atomic E-state index is 0.371. The van der Waals surface area contributed by atoms with Gasteiger partial charge in [0.15, 0.2) is 11.4 Å². The van der Waals surface area contributed by atoms with Crippen LogP contribution in [0.5, 0.6) is 0 Å². The third-order valence-electron chi connectivity index (χ3n) is 4.98. The largest absolute Gasteiger partial charge is 0.419 e. The molecular formula is C22H17N5O2. The van der Waals surface area contributed by atoms with Gasteiger partial charge in [-0.1, -0.05) is 12.1 Å². The zero-order valence-electron chi connectivity index (χ0n) is 15.9. The quantitative estimate of drug-likeness (QED) is 0.509. The van der Waals surface area contributed by atoms with Crippen LogP contribution in [0, 0.1) is 0 Å². The van der Waals surface area contributed by atoms with E-state index in [0.717, 1.165) is 38.9 Å². The number of fused-ring (bicyclic) bond motifs is 2. The average Bonchev–Trinajstić information content (AvgIpc) is 3.06. The van der Waals surface area contributed by atoms with Crippen LogP contribution in [-0.4, -0.2) is 26.6 Å². The van der Waals surface area contributed by atoms with Crippen molar-refractivity contribution in [1.82, 2.24) is 19.5 Å². The van der Waals surface area contributed by atoms with Gasteiger partial charge in [-0.15, -0.1) is 0 Å². The van der Waals surface area contributed by atoms with Crippen molar-refractivity contribution in [2.75, 3.05) is 12.4 Å². The van der Waals surface area contributed by atoms with Crippen molar-refractivity contribution in [3.8, 4) is 22.5 Å². The standard InChI is InChI=1S/C22H17N5O2/c1-23-21-16-10-13(14-6-8-18-19(11-14)29-22(28)27(18)2)5-7-17(16)25-20(26-21)15-4-3-9-24-12-15/h3-12H,1-2H3,(H,23,25,26). The Hall–Kier alpha value is -4.00. The van der Waals surface area contributed by atoms with Gasteiger partial charge in [-0.05, 0) is 47.5 Å².